The van der Waals surface area contributed by atoms with Crippen molar-refractivity contribution in [2.75, 3.05) is 27.2 Å². The third kappa shape index (κ3) is 5.04. The van der Waals surface area contributed by atoms with E-state index >= 15 is 0 Å². The molecule has 2 N–H and O–H groups in total. The van der Waals surface area contributed by atoms with Gasteiger partial charge in [-0.05, 0) is 45.8 Å². The summed E-state index contributed by atoms with van der Waals surface area (Å²) in [5.74, 6) is 0.131. The first-order chi connectivity index (χ1) is 8.17. The van der Waals surface area contributed by atoms with Crippen LogP contribution in [0.15, 0.2) is 0 Å². The van der Waals surface area contributed by atoms with Gasteiger partial charge < -0.3 is 15.5 Å². The summed E-state index contributed by atoms with van der Waals surface area (Å²) >= 11 is 0. The van der Waals surface area contributed by atoms with Crippen LogP contribution in [0.2, 0.25) is 0 Å². The molecule has 0 spiro atoms. The molecule has 1 aliphatic heterocycles. The van der Waals surface area contributed by atoms with Gasteiger partial charge in [0, 0.05) is 13.1 Å². The predicted octanol–water partition coefficient (Wildman–Crippen LogP) is 0.975. The van der Waals surface area contributed by atoms with Gasteiger partial charge in [0.05, 0.1) is 6.04 Å². The fourth-order valence-corrected chi connectivity index (χ4v) is 2.34. The number of carbonyl (C=O) groups is 1. The Labute approximate surface area is 105 Å². The van der Waals surface area contributed by atoms with Crippen LogP contribution in [0, 0.1) is 0 Å². The van der Waals surface area contributed by atoms with E-state index in [2.05, 4.69) is 29.5 Å². The van der Waals surface area contributed by atoms with Gasteiger partial charge in [0.15, 0.2) is 0 Å². The molecule has 0 aliphatic carbocycles. The van der Waals surface area contributed by atoms with E-state index in [0.29, 0.717) is 6.04 Å². The third-order valence-electron chi connectivity index (χ3n) is 3.56. The van der Waals surface area contributed by atoms with Crippen molar-refractivity contribution in [2.45, 2.75) is 51.1 Å². The topological polar surface area (TPSA) is 44.4 Å². The number of likely N-dealkylation sites (N-methyl/N-ethyl adjacent to an activating group) is 1. The second kappa shape index (κ2) is 7.67. The Balaban J connectivity index is 2.15. The largest absolute Gasteiger partial charge is 0.358 e. The van der Waals surface area contributed by atoms with Gasteiger partial charge in [0.25, 0.3) is 0 Å². The lowest BCUT2D eigenvalue weighted by Gasteiger charge is -2.19. The molecule has 4 nitrogen and oxygen atoms in total. The minimum atomic E-state index is 0.0333. The maximum Gasteiger partial charge on any atom is 0.236 e. The smallest absolute Gasteiger partial charge is 0.236 e. The molecule has 2 atom stereocenters. The molecule has 0 bridgehead atoms. The zero-order chi connectivity index (χ0) is 12.7. The summed E-state index contributed by atoms with van der Waals surface area (Å²) < 4.78 is 0. The number of nitrogens with zero attached hydrogens (tertiary/aromatic N) is 1. The molecular formula is C13H27N3O. The minimum absolute atomic E-state index is 0.0333. The lowest BCUT2D eigenvalue weighted by atomic mass is 10.1. The molecule has 0 aromatic rings. The van der Waals surface area contributed by atoms with Gasteiger partial charge in [-0.15, -0.1) is 0 Å². The molecule has 2 unspecified atom stereocenters. The van der Waals surface area contributed by atoms with Gasteiger partial charge in [0.1, 0.15) is 0 Å². The van der Waals surface area contributed by atoms with E-state index in [1.54, 1.807) is 7.05 Å². The molecule has 17 heavy (non-hydrogen) atoms. The standard InChI is InChI=1S/C13H27N3O/c1-4-5-9-16(3)10-8-11-6-7-12(15-11)13(17)14-2/h11-12,15H,4-10H2,1-3H3,(H,14,17). The van der Waals surface area contributed by atoms with Crippen LogP contribution >= 0.6 is 0 Å². The Morgan fingerprint density at radius 3 is 2.82 bits per heavy atom. The molecule has 4 heteroatoms. The first-order valence-electron chi connectivity index (χ1n) is 6.83. The number of carbonyl (C=O) groups excluding carboxylic acids is 1. The highest BCUT2D eigenvalue weighted by molar-refractivity contribution is 5.81. The van der Waals surface area contributed by atoms with Crippen molar-refractivity contribution in [2.24, 2.45) is 0 Å². The van der Waals surface area contributed by atoms with Gasteiger partial charge in [0.2, 0.25) is 5.91 Å². The Hall–Kier alpha value is -0.610. The summed E-state index contributed by atoms with van der Waals surface area (Å²) in [5.41, 5.74) is 0. The lowest BCUT2D eigenvalue weighted by molar-refractivity contribution is -0.122. The Morgan fingerprint density at radius 1 is 1.41 bits per heavy atom. The van der Waals surface area contributed by atoms with E-state index < -0.39 is 0 Å². The third-order valence-corrected chi connectivity index (χ3v) is 3.56. The molecule has 100 valence electrons. The van der Waals surface area contributed by atoms with Gasteiger partial charge in [-0.3, -0.25) is 4.79 Å². The molecule has 0 aromatic heterocycles. The monoisotopic (exact) mass is 241 g/mol. The van der Waals surface area contributed by atoms with Crippen molar-refractivity contribution < 1.29 is 4.79 Å². The summed E-state index contributed by atoms with van der Waals surface area (Å²) in [6, 6.07) is 0.548. The Kier molecular flexibility index (Phi) is 6.52. The number of amides is 1. The maximum atomic E-state index is 11.5. The lowest BCUT2D eigenvalue weighted by Crippen LogP contribution is -2.42. The maximum absolute atomic E-state index is 11.5. The molecular weight excluding hydrogens is 214 g/mol. The number of hydrogen-bond acceptors (Lipinski definition) is 3. The van der Waals surface area contributed by atoms with E-state index in [1.807, 2.05) is 0 Å². The van der Waals surface area contributed by atoms with E-state index in [4.69, 9.17) is 0 Å². The molecule has 0 radical (unpaired) electrons. The highest BCUT2D eigenvalue weighted by atomic mass is 16.2. The molecule has 1 aliphatic rings. The first-order valence-corrected chi connectivity index (χ1v) is 6.83. The van der Waals surface area contributed by atoms with Crippen LogP contribution < -0.4 is 10.6 Å². The van der Waals surface area contributed by atoms with Crippen molar-refractivity contribution in [3.63, 3.8) is 0 Å². The molecule has 1 amide bonds. The summed E-state index contributed by atoms with van der Waals surface area (Å²) in [7, 11) is 3.89. The van der Waals surface area contributed by atoms with Crippen LogP contribution in [0.25, 0.3) is 0 Å². The number of unbranched alkanes of at least 4 members (excludes halogenated alkanes) is 1. The summed E-state index contributed by atoms with van der Waals surface area (Å²) in [5, 5.41) is 6.12. The van der Waals surface area contributed by atoms with Gasteiger partial charge in [-0.1, -0.05) is 13.3 Å². The number of hydrogen-bond donors (Lipinski definition) is 2. The molecule has 1 saturated heterocycles. The van der Waals surface area contributed by atoms with Crippen LogP contribution in [-0.4, -0.2) is 50.1 Å². The average Bonchev–Trinajstić information content (AvgIpc) is 2.81. The summed E-state index contributed by atoms with van der Waals surface area (Å²) in [6.07, 6.45) is 5.77. The van der Waals surface area contributed by atoms with Crippen molar-refractivity contribution in [3.05, 3.63) is 0 Å². The highest BCUT2D eigenvalue weighted by Gasteiger charge is 2.27. The van der Waals surface area contributed by atoms with E-state index in [0.717, 1.165) is 25.8 Å². The highest BCUT2D eigenvalue weighted by Crippen LogP contribution is 2.15. The molecule has 1 rings (SSSR count). The fourth-order valence-electron chi connectivity index (χ4n) is 2.34. The molecule has 0 saturated carbocycles. The Morgan fingerprint density at radius 2 is 2.18 bits per heavy atom. The first kappa shape index (κ1) is 14.5. The Bertz CT molecular complexity index is 233. The quantitative estimate of drug-likeness (QED) is 0.698. The van der Waals surface area contributed by atoms with Crippen LogP contribution in [0.4, 0.5) is 0 Å². The molecule has 1 heterocycles. The van der Waals surface area contributed by atoms with Crippen molar-refractivity contribution in [1.82, 2.24) is 15.5 Å². The normalized spacial score (nSPS) is 24.2. The van der Waals surface area contributed by atoms with E-state index in [9.17, 15) is 4.79 Å². The predicted molar refractivity (Wildman–Crippen MR) is 71.0 cm³/mol. The van der Waals surface area contributed by atoms with Gasteiger partial charge in [-0.2, -0.15) is 0 Å². The van der Waals surface area contributed by atoms with E-state index in [1.165, 1.54) is 19.4 Å². The zero-order valence-corrected chi connectivity index (χ0v) is 11.5. The molecule has 0 aromatic carbocycles. The summed E-state index contributed by atoms with van der Waals surface area (Å²) in [6.45, 7) is 4.53. The SMILES string of the molecule is CCCCN(C)CCC1CCC(C(=O)NC)N1. The average molecular weight is 241 g/mol. The summed E-state index contributed by atoms with van der Waals surface area (Å²) in [4.78, 5) is 13.8. The van der Waals surface area contributed by atoms with Crippen molar-refractivity contribution in [3.8, 4) is 0 Å². The van der Waals surface area contributed by atoms with Crippen molar-refractivity contribution >= 4 is 5.91 Å². The number of nitrogens with one attached hydrogen (secondary N) is 2. The van der Waals surface area contributed by atoms with E-state index in [-0.39, 0.29) is 11.9 Å². The van der Waals surface area contributed by atoms with Crippen LogP contribution in [0.5, 0.6) is 0 Å². The van der Waals surface area contributed by atoms with Crippen molar-refractivity contribution in [1.29, 1.82) is 0 Å². The zero-order valence-electron chi connectivity index (χ0n) is 11.5. The second-order valence-corrected chi connectivity index (χ2v) is 5.05. The van der Waals surface area contributed by atoms with Gasteiger partial charge in [-0.25, -0.2) is 0 Å². The number of rotatable bonds is 7. The molecule has 1 fully saturated rings. The fraction of sp³-hybridized carbons (Fsp3) is 0.923. The van der Waals surface area contributed by atoms with Crippen LogP contribution in [-0.2, 0) is 4.79 Å². The second-order valence-electron chi connectivity index (χ2n) is 5.05. The minimum Gasteiger partial charge on any atom is -0.358 e. The van der Waals surface area contributed by atoms with Gasteiger partial charge >= 0.3 is 0 Å². The van der Waals surface area contributed by atoms with Crippen LogP contribution in [0.1, 0.15) is 39.0 Å². The van der Waals surface area contributed by atoms with Crippen LogP contribution in [0.3, 0.4) is 0 Å².